The number of hydrogen-bond donors (Lipinski definition) is 1. The fourth-order valence-corrected chi connectivity index (χ4v) is 2.05. The van der Waals surface area contributed by atoms with E-state index in [1.54, 1.807) is 12.1 Å². The van der Waals surface area contributed by atoms with E-state index in [0.717, 1.165) is 12.1 Å². The van der Waals surface area contributed by atoms with Gasteiger partial charge in [-0.05, 0) is 31.2 Å². The van der Waals surface area contributed by atoms with Crippen LogP contribution >= 0.6 is 0 Å². The van der Waals surface area contributed by atoms with Crippen LogP contribution in [0, 0.1) is 17.1 Å². The van der Waals surface area contributed by atoms with Gasteiger partial charge in [0, 0.05) is 29.9 Å². The Hall–Kier alpha value is -2.12. The van der Waals surface area contributed by atoms with Gasteiger partial charge in [0.1, 0.15) is 5.82 Å². The third kappa shape index (κ3) is 3.21. The van der Waals surface area contributed by atoms with Crippen LogP contribution in [0.5, 0.6) is 0 Å². The van der Waals surface area contributed by atoms with E-state index in [9.17, 15) is 4.39 Å². The summed E-state index contributed by atoms with van der Waals surface area (Å²) in [4.78, 5) is 0. The molecule has 3 nitrogen and oxygen atoms in total. The first-order valence-electron chi connectivity index (χ1n) is 6.18. The van der Waals surface area contributed by atoms with Gasteiger partial charge in [-0.25, -0.2) is 4.39 Å². The minimum Gasteiger partial charge on any atom is -0.347 e. The first-order valence-corrected chi connectivity index (χ1v) is 6.18. The van der Waals surface area contributed by atoms with Crippen molar-refractivity contribution in [3.8, 4) is 6.07 Å². The molecule has 1 heterocycles. The second-order valence-corrected chi connectivity index (χ2v) is 4.73. The van der Waals surface area contributed by atoms with Crippen LogP contribution in [0.25, 0.3) is 0 Å². The van der Waals surface area contributed by atoms with E-state index >= 15 is 0 Å². The fourth-order valence-electron chi connectivity index (χ4n) is 2.05. The highest BCUT2D eigenvalue weighted by atomic mass is 19.1. The number of aromatic nitrogens is 1. The Morgan fingerprint density at radius 2 is 2.21 bits per heavy atom. The molecule has 0 saturated carbocycles. The summed E-state index contributed by atoms with van der Waals surface area (Å²) in [5.74, 6) is -0.348. The number of nitriles is 1. The monoisotopic (exact) mass is 257 g/mol. The molecular formula is C15H16FN3. The number of benzene rings is 1. The predicted octanol–water partition coefficient (Wildman–Crippen LogP) is 2.44. The Labute approximate surface area is 112 Å². The summed E-state index contributed by atoms with van der Waals surface area (Å²) in [6, 6.07) is 10.5. The predicted molar refractivity (Wildman–Crippen MR) is 72.0 cm³/mol. The molecule has 0 radical (unpaired) electrons. The summed E-state index contributed by atoms with van der Waals surface area (Å²) < 4.78 is 15.8. The lowest BCUT2D eigenvalue weighted by Gasteiger charge is -2.12. The second kappa shape index (κ2) is 5.68. The maximum absolute atomic E-state index is 13.8. The molecule has 0 aliphatic carbocycles. The van der Waals surface area contributed by atoms with Crippen LogP contribution in [-0.4, -0.2) is 10.6 Å². The van der Waals surface area contributed by atoms with Crippen molar-refractivity contribution in [2.24, 2.45) is 5.73 Å². The van der Waals surface area contributed by atoms with Crippen molar-refractivity contribution < 1.29 is 4.39 Å². The van der Waals surface area contributed by atoms with Crippen molar-refractivity contribution in [3.63, 3.8) is 0 Å². The average molecular weight is 257 g/mol. The molecule has 2 rings (SSSR count). The minimum atomic E-state index is -0.348. The number of nitrogens with zero attached hydrogens (tertiary/aromatic N) is 2. The molecule has 1 unspecified atom stereocenters. The molecule has 0 aliphatic rings. The van der Waals surface area contributed by atoms with E-state index in [1.807, 2.05) is 35.9 Å². The molecule has 0 aliphatic heterocycles. The molecular weight excluding hydrogens is 241 g/mol. The van der Waals surface area contributed by atoms with Crippen LogP contribution < -0.4 is 5.73 Å². The molecule has 0 saturated heterocycles. The Kier molecular flexibility index (Phi) is 3.98. The maximum Gasteiger partial charge on any atom is 0.129 e. The SMILES string of the molecule is CC(N)Cc1cccn1Cc1ccc(C#N)cc1F. The van der Waals surface area contributed by atoms with Gasteiger partial charge in [0.05, 0.1) is 18.2 Å². The molecule has 1 aromatic heterocycles. The van der Waals surface area contributed by atoms with E-state index in [2.05, 4.69) is 0 Å². The molecule has 2 aromatic rings. The van der Waals surface area contributed by atoms with Crippen molar-refractivity contribution in [2.75, 3.05) is 0 Å². The lowest BCUT2D eigenvalue weighted by molar-refractivity contribution is 0.591. The van der Waals surface area contributed by atoms with Gasteiger partial charge in [-0.2, -0.15) is 5.26 Å². The topological polar surface area (TPSA) is 54.7 Å². The number of hydrogen-bond acceptors (Lipinski definition) is 2. The summed E-state index contributed by atoms with van der Waals surface area (Å²) in [5.41, 5.74) is 7.78. The highest BCUT2D eigenvalue weighted by Gasteiger charge is 2.08. The van der Waals surface area contributed by atoms with Gasteiger partial charge >= 0.3 is 0 Å². The summed E-state index contributed by atoms with van der Waals surface area (Å²) in [5, 5.41) is 8.72. The zero-order chi connectivity index (χ0) is 13.8. The largest absolute Gasteiger partial charge is 0.347 e. The van der Waals surface area contributed by atoms with Gasteiger partial charge in [0.2, 0.25) is 0 Å². The van der Waals surface area contributed by atoms with Crippen molar-refractivity contribution in [3.05, 3.63) is 59.2 Å². The Morgan fingerprint density at radius 1 is 1.42 bits per heavy atom. The number of halogens is 1. The van der Waals surface area contributed by atoms with Gasteiger partial charge in [-0.1, -0.05) is 6.07 Å². The number of rotatable bonds is 4. The van der Waals surface area contributed by atoms with Crippen LogP contribution in [0.4, 0.5) is 4.39 Å². The van der Waals surface area contributed by atoms with E-state index < -0.39 is 0 Å². The quantitative estimate of drug-likeness (QED) is 0.914. The second-order valence-electron chi connectivity index (χ2n) is 4.73. The van der Waals surface area contributed by atoms with Gasteiger partial charge in [-0.3, -0.25) is 0 Å². The summed E-state index contributed by atoms with van der Waals surface area (Å²) in [6.45, 7) is 2.40. The molecule has 4 heteroatoms. The average Bonchev–Trinajstić information content (AvgIpc) is 2.78. The van der Waals surface area contributed by atoms with Gasteiger partial charge in [-0.15, -0.1) is 0 Å². The van der Waals surface area contributed by atoms with E-state index in [1.165, 1.54) is 6.07 Å². The molecule has 1 atom stereocenters. The molecule has 0 amide bonds. The van der Waals surface area contributed by atoms with Crippen molar-refractivity contribution in [2.45, 2.75) is 25.9 Å². The molecule has 0 fully saturated rings. The van der Waals surface area contributed by atoms with E-state index in [4.69, 9.17) is 11.0 Å². The highest BCUT2D eigenvalue weighted by molar-refractivity contribution is 5.33. The van der Waals surface area contributed by atoms with Crippen LogP contribution in [0.3, 0.4) is 0 Å². The van der Waals surface area contributed by atoms with Gasteiger partial charge < -0.3 is 10.3 Å². The summed E-state index contributed by atoms with van der Waals surface area (Å²) in [7, 11) is 0. The molecule has 1 aromatic carbocycles. The summed E-state index contributed by atoms with van der Waals surface area (Å²) in [6.07, 6.45) is 2.67. The zero-order valence-electron chi connectivity index (χ0n) is 10.8. The van der Waals surface area contributed by atoms with Gasteiger partial charge in [0.25, 0.3) is 0 Å². The fraction of sp³-hybridized carbons (Fsp3) is 0.267. The first-order chi connectivity index (χ1) is 9.10. The van der Waals surface area contributed by atoms with Crippen LogP contribution in [-0.2, 0) is 13.0 Å². The maximum atomic E-state index is 13.8. The third-order valence-corrected chi connectivity index (χ3v) is 2.98. The molecule has 19 heavy (non-hydrogen) atoms. The van der Waals surface area contributed by atoms with Crippen LogP contribution in [0.1, 0.15) is 23.7 Å². The standard InChI is InChI=1S/C15H16FN3/c1-11(18)7-14-3-2-6-19(14)10-13-5-4-12(9-17)8-15(13)16/h2-6,8,11H,7,10,18H2,1H3. The van der Waals surface area contributed by atoms with E-state index in [0.29, 0.717) is 17.7 Å². The Balaban J connectivity index is 2.22. The number of nitrogens with two attached hydrogens (primary N) is 1. The molecule has 2 N–H and O–H groups in total. The zero-order valence-corrected chi connectivity index (χ0v) is 10.8. The van der Waals surface area contributed by atoms with Gasteiger partial charge in [0.15, 0.2) is 0 Å². The van der Waals surface area contributed by atoms with Crippen molar-refractivity contribution in [1.29, 1.82) is 5.26 Å². The van der Waals surface area contributed by atoms with Crippen molar-refractivity contribution >= 4 is 0 Å². The molecule has 0 spiro atoms. The molecule has 0 bridgehead atoms. The smallest absolute Gasteiger partial charge is 0.129 e. The van der Waals surface area contributed by atoms with Crippen LogP contribution in [0.15, 0.2) is 36.5 Å². The summed E-state index contributed by atoms with van der Waals surface area (Å²) >= 11 is 0. The first kappa shape index (κ1) is 13.3. The van der Waals surface area contributed by atoms with Crippen LogP contribution in [0.2, 0.25) is 0 Å². The van der Waals surface area contributed by atoms with Crippen molar-refractivity contribution in [1.82, 2.24) is 4.57 Å². The highest BCUT2D eigenvalue weighted by Crippen LogP contribution is 2.14. The normalized spacial score (nSPS) is 12.1. The Morgan fingerprint density at radius 3 is 2.84 bits per heavy atom. The Bertz CT molecular complexity index is 608. The molecule has 98 valence electrons. The van der Waals surface area contributed by atoms with E-state index in [-0.39, 0.29) is 11.9 Å². The minimum absolute atomic E-state index is 0.0689. The third-order valence-electron chi connectivity index (χ3n) is 2.98. The lowest BCUT2D eigenvalue weighted by Crippen LogP contribution is -2.20. The lowest BCUT2D eigenvalue weighted by atomic mass is 10.1.